The molecule has 0 aliphatic carbocycles. The largest absolute Gasteiger partial charge is 0.371 e. The maximum absolute atomic E-state index is 6.21. The van der Waals surface area contributed by atoms with Crippen molar-refractivity contribution in [1.29, 1.82) is 0 Å². The van der Waals surface area contributed by atoms with Crippen LogP contribution in [-0.4, -0.2) is 41.4 Å². The first-order valence-corrected chi connectivity index (χ1v) is 9.91. The number of fused-ring (bicyclic) bond motifs is 1. The summed E-state index contributed by atoms with van der Waals surface area (Å²) in [5.41, 5.74) is 4.43. The number of aliphatic imine (C=N–C) groups is 1. The smallest absolute Gasteiger partial charge is 0.129 e. The number of piperidine rings is 1. The molecular weight excluding hydrogens is 377 g/mol. The zero-order chi connectivity index (χ0) is 17.4. The molecule has 0 bridgehead atoms. The van der Waals surface area contributed by atoms with E-state index < -0.39 is 0 Å². The zero-order valence-corrected chi connectivity index (χ0v) is 16.2. The van der Waals surface area contributed by atoms with Gasteiger partial charge in [0.1, 0.15) is 5.84 Å². The summed E-state index contributed by atoms with van der Waals surface area (Å²) in [4.78, 5) is 11.6. The number of amidine groups is 1. The average molecular weight is 396 g/mol. The van der Waals surface area contributed by atoms with E-state index in [0.29, 0.717) is 16.6 Å². The number of nitrogens with zero attached hydrogens (tertiary/aromatic N) is 3. The minimum Gasteiger partial charge on any atom is -0.371 e. The number of halogens is 2. The highest BCUT2D eigenvalue weighted by Gasteiger charge is 2.41. The molecule has 0 amide bonds. The van der Waals surface area contributed by atoms with Gasteiger partial charge in [-0.05, 0) is 32.0 Å². The Labute approximate surface area is 161 Å². The van der Waals surface area contributed by atoms with Gasteiger partial charge in [-0.3, -0.25) is 0 Å². The molecule has 1 saturated heterocycles. The van der Waals surface area contributed by atoms with Crippen molar-refractivity contribution >= 4 is 51.7 Å². The molecular formula is C17H19Cl2N5S. The van der Waals surface area contributed by atoms with E-state index in [1.807, 2.05) is 17.6 Å². The van der Waals surface area contributed by atoms with Crippen molar-refractivity contribution in [2.24, 2.45) is 4.99 Å². The van der Waals surface area contributed by atoms with Gasteiger partial charge in [0, 0.05) is 18.5 Å². The zero-order valence-electron chi connectivity index (χ0n) is 13.9. The van der Waals surface area contributed by atoms with Crippen LogP contribution in [0.4, 0.5) is 11.4 Å². The van der Waals surface area contributed by atoms with Crippen LogP contribution in [0.2, 0.25) is 10.0 Å². The predicted octanol–water partition coefficient (Wildman–Crippen LogP) is 4.16. The van der Waals surface area contributed by atoms with Gasteiger partial charge in [0.2, 0.25) is 0 Å². The molecule has 25 heavy (non-hydrogen) atoms. The van der Waals surface area contributed by atoms with E-state index in [1.165, 1.54) is 0 Å². The number of nitrogens with one attached hydrogen (secondary N) is 2. The first kappa shape index (κ1) is 17.1. The van der Waals surface area contributed by atoms with Crippen molar-refractivity contribution in [2.75, 3.05) is 25.5 Å². The lowest BCUT2D eigenvalue weighted by molar-refractivity contribution is 0.238. The first-order valence-electron chi connectivity index (χ1n) is 8.22. The Balaban J connectivity index is 1.68. The second-order valence-electron chi connectivity index (χ2n) is 6.59. The number of thiazole rings is 1. The van der Waals surface area contributed by atoms with Crippen LogP contribution in [0.3, 0.4) is 0 Å². The van der Waals surface area contributed by atoms with Gasteiger partial charge < -0.3 is 15.5 Å². The van der Waals surface area contributed by atoms with Crippen LogP contribution in [0.15, 0.2) is 28.0 Å². The third-order valence-electron chi connectivity index (χ3n) is 4.86. The SMILES string of the molecule is CN1CCC2(CC1)Nc1cc(Cl)c(Cl)cc1N=C2NCc1cscn1. The van der Waals surface area contributed by atoms with Crippen molar-refractivity contribution in [3.8, 4) is 0 Å². The molecule has 1 spiro atoms. The van der Waals surface area contributed by atoms with Gasteiger partial charge in [-0.1, -0.05) is 23.2 Å². The average Bonchev–Trinajstić information content (AvgIpc) is 3.11. The number of hydrogen-bond donors (Lipinski definition) is 2. The summed E-state index contributed by atoms with van der Waals surface area (Å²) in [6, 6.07) is 3.69. The van der Waals surface area contributed by atoms with Gasteiger partial charge in [0.25, 0.3) is 0 Å². The fraction of sp³-hybridized carbons (Fsp3) is 0.412. The van der Waals surface area contributed by atoms with Crippen LogP contribution in [0, 0.1) is 0 Å². The lowest BCUT2D eigenvalue weighted by atomic mass is 9.84. The van der Waals surface area contributed by atoms with Crippen LogP contribution in [0.5, 0.6) is 0 Å². The van der Waals surface area contributed by atoms with E-state index in [1.54, 1.807) is 11.3 Å². The fourth-order valence-corrected chi connectivity index (χ4v) is 4.22. The van der Waals surface area contributed by atoms with Gasteiger partial charge >= 0.3 is 0 Å². The number of benzene rings is 1. The van der Waals surface area contributed by atoms with E-state index >= 15 is 0 Å². The third-order valence-corrected chi connectivity index (χ3v) is 6.22. The molecule has 4 rings (SSSR count). The van der Waals surface area contributed by atoms with Crippen molar-refractivity contribution in [1.82, 2.24) is 15.2 Å². The van der Waals surface area contributed by atoms with Crippen molar-refractivity contribution in [3.05, 3.63) is 38.8 Å². The summed E-state index contributed by atoms with van der Waals surface area (Å²) >= 11 is 14.0. The molecule has 3 heterocycles. The van der Waals surface area contributed by atoms with E-state index in [2.05, 4.69) is 32.9 Å². The van der Waals surface area contributed by atoms with E-state index in [9.17, 15) is 0 Å². The second kappa shape index (κ2) is 6.76. The van der Waals surface area contributed by atoms with Crippen LogP contribution in [-0.2, 0) is 6.54 Å². The Morgan fingerprint density at radius 3 is 2.76 bits per heavy atom. The normalized spacial score (nSPS) is 19.2. The number of aromatic nitrogens is 1. The van der Waals surface area contributed by atoms with Crippen molar-refractivity contribution < 1.29 is 0 Å². The molecule has 2 aliphatic rings. The number of anilines is 1. The maximum Gasteiger partial charge on any atom is 0.129 e. The molecule has 2 aliphatic heterocycles. The molecule has 2 N–H and O–H groups in total. The number of hydrogen-bond acceptors (Lipinski definition) is 6. The van der Waals surface area contributed by atoms with E-state index in [-0.39, 0.29) is 5.54 Å². The molecule has 1 aromatic carbocycles. The van der Waals surface area contributed by atoms with Crippen LogP contribution in [0.1, 0.15) is 18.5 Å². The standard InChI is InChI=1S/C17H19Cl2N5S/c1-24-4-2-17(3-5-24)16(20-8-11-9-25-10-21-11)22-14-6-12(18)13(19)7-15(14)23-17/h6-7,9-10,23H,2-5,8H2,1H3,(H,20,22). The third kappa shape index (κ3) is 3.36. The molecule has 2 aromatic rings. The summed E-state index contributed by atoms with van der Waals surface area (Å²) < 4.78 is 0. The minimum atomic E-state index is -0.202. The number of likely N-dealkylation sites (tertiary alicyclic amines) is 1. The Morgan fingerprint density at radius 2 is 2.04 bits per heavy atom. The molecule has 0 atom stereocenters. The van der Waals surface area contributed by atoms with Gasteiger partial charge in [-0.2, -0.15) is 0 Å². The summed E-state index contributed by atoms with van der Waals surface area (Å²) in [6.45, 7) is 2.69. The summed E-state index contributed by atoms with van der Waals surface area (Å²) in [6.07, 6.45) is 1.96. The molecule has 8 heteroatoms. The Bertz CT molecular complexity index is 798. The highest BCUT2D eigenvalue weighted by atomic mass is 35.5. The van der Waals surface area contributed by atoms with E-state index in [0.717, 1.165) is 48.8 Å². The predicted molar refractivity (Wildman–Crippen MR) is 106 cm³/mol. The van der Waals surface area contributed by atoms with Gasteiger partial charge in [0.15, 0.2) is 0 Å². The topological polar surface area (TPSA) is 52.5 Å². The molecule has 5 nitrogen and oxygen atoms in total. The molecule has 0 saturated carbocycles. The van der Waals surface area contributed by atoms with E-state index in [4.69, 9.17) is 28.2 Å². The lowest BCUT2D eigenvalue weighted by Gasteiger charge is -2.45. The van der Waals surface area contributed by atoms with Crippen molar-refractivity contribution in [3.63, 3.8) is 0 Å². The summed E-state index contributed by atoms with van der Waals surface area (Å²) in [7, 11) is 2.15. The number of rotatable bonds is 2. The molecule has 1 fully saturated rings. The van der Waals surface area contributed by atoms with Gasteiger partial charge in [0.05, 0.1) is 44.7 Å². The Kier molecular flexibility index (Phi) is 4.62. The fourth-order valence-electron chi connectivity index (χ4n) is 3.34. The van der Waals surface area contributed by atoms with Crippen molar-refractivity contribution in [2.45, 2.75) is 24.9 Å². The van der Waals surface area contributed by atoms with Crippen LogP contribution >= 0.6 is 34.5 Å². The second-order valence-corrected chi connectivity index (χ2v) is 8.12. The molecule has 0 radical (unpaired) electrons. The van der Waals surface area contributed by atoms with Crippen LogP contribution in [0.25, 0.3) is 0 Å². The first-order chi connectivity index (χ1) is 12.1. The summed E-state index contributed by atoms with van der Waals surface area (Å²) in [5.74, 6) is 0.958. The molecule has 1 aromatic heterocycles. The lowest BCUT2D eigenvalue weighted by Crippen LogP contribution is -2.58. The highest BCUT2D eigenvalue weighted by molar-refractivity contribution is 7.07. The van der Waals surface area contributed by atoms with Gasteiger partial charge in [-0.15, -0.1) is 11.3 Å². The van der Waals surface area contributed by atoms with Crippen LogP contribution < -0.4 is 10.6 Å². The minimum absolute atomic E-state index is 0.202. The maximum atomic E-state index is 6.21. The van der Waals surface area contributed by atoms with Gasteiger partial charge in [-0.25, -0.2) is 9.98 Å². The Hall–Kier alpha value is -1.34. The summed E-state index contributed by atoms with van der Waals surface area (Å²) in [5, 5.41) is 10.3. The monoisotopic (exact) mass is 395 g/mol. The molecule has 0 unspecified atom stereocenters. The highest BCUT2D eigenvalue weighted by Crippen LogP contribution is 2.41. The quantitative estimate of drug-likeness (QED) is 0.801. The Morgan fingerprint density at radius 1 is 1.28 bits per heavy atom. The molecule has 132 valence electrons.